The molecule has 0 saturated heterocycles. The molecule has 0 fully saturated rings. The normalized spacial score (nSPS) is 10.2. The lowest BCUT2D eigenvalue weighted by atomic mass is 10.2. The van der Waals surface area contributed by atoms with Crippen LogP contribution in [0.15, 0.2) is 42.5 Å². The standard InChI is InChI=1S/C15H15NO5/c1-20-14-6-5-12(9-17)15(8-14)21-10-11-3-2-4-13(7-11)16(18)19/h2-8,17H,9-10H2,1H3. The molecule has 0 saturated carbocycles. The maximum atomic E-state index is 10.7. The molecule has 1 N–H and O–H groups in total. The Labute approximate surface area is 121 Å². The number of nitrogens with zero attached hydrogens (tertiary/aromatic N) is 1. The zero-order valence-electron chi connectivity index (χ0n) is 11.5. The molecule has 2 aromatic carbocycles. The highest BCUT2D eigenvalue weighted by Gasteiger charge is 2.08. The van der Waals surface area contributed by atoms with Crippen LogP contribution in [0.2, 0.25) is 0 Å². The minimum absolute atomic E-state index is 0.0177. The Balaban J connectivity index is 2.15. The van der Waals surface area contributed by atoms with Gasteiger partial charge in [0.2, 0.25) is 0 Å². The van der Waals surface area contributed by atoms with Gasteiger partial charge >= 0.3 is 0 Å². The zero-order chi connectivity index (χ0) is 15.2. The van der Waals surface area contributed by atoms with E-state index in [9.17, 15) is 15.2 Å². The molecule has 0 aliphatic heterocycles. The number of nitro benzene ring substituents is 1. The minimum atomic E-state index is -0.450. The van der Waals surface area contributed by atoms with E-state index < -0.39 is 4.92 Å². The number of hydrogen-bond donors (Lipinski definition) is 1. The summed E-state index contributed by atoms with van der Waals surface area (Å²) < 4.78 is 10.7. The molecule has 6 heteroatoms. The molecular weight excluding hydrogens is 274 g/mol. The Morgan fingerprint density at radius 2 is 2.05 bits per heavy atom. The van der Waals surface area contributed by atoms with Gasteiger partial charge in [0.1, 0.15) is 18.1 Å². The lowest BCUT2D eigenvalue weighted by molar-refractivity contribution is -0.384. The van der Waals surface area contributed by atoms with E-state index in [2.05, 4.69) is 0 Å². The van der Waals surface area contributed by atoms with E-state index in [0.29, 0.717) is 22.6 Å². The van der Waals surface area contributed by atoms with Crippen LogP contribution in [-0.4, -0.2) is 17.1 Å². The summed E-state index contributed by atoms with van der Waals surface area (Å²) in [5.41, 5.74) is 1.32. The first kappa shape index (κ1) is 14.8. The molecule has 0 unspecified atom stereocenters. The van der Waals surface area contributed by atoms with Crippen molar-refractivity contribution < 1.29 is 19.5 Å². The van der Waals surface area contributed by atoms with Gasteiger partial charge in [0, 0.05) is 23.8 Å². The third-order valence-corrected chi connectivity index (χ3v) is 2.96. The molecular formula is C15H15NO5. The first-order valence-electron chi connectivity index (χ1n) is 6.28. The largest absolute Gasteiger partial charge is 0.497 e. The molecule has 21 heavy (non-hydrogen) atoms. The molecule has 2 rings (SSSR count). The van der Waals surface area contributed by atoms with E-state index in [1.54, 1.807) is 30.3 Å². The smallest absolute Gasteiger partial charge is 0.269 e. The van der Waals surface area contributed by atoms with Crippen LogP contribution in [0.5, 0.6) is 11.5 Å². The number of methoxy groups -OCH3 is 1. The average Bonchev–Trinajstić information content (AvgIpc) is 2.52. The number of aliphatic hydroxyl groups excluding tert-OH is 1. The van der Waals surface area contributed by atoms with Gasteiger partial charge in [0.15, 0.2) is 0 Å². The molecule has 0 heterocycles. The van der Waals surface area contributed by atoms with Crippen molar-refractivity contribution >= 4 is 5.69 Å². The van der Waals surface area contributed by atoms with Crippen LogP contribution in [0.4, 0.5) is 5.69 Å². The number of ether oxygens (including phenoxy) is 2. The topological polar surface area (TPSA) is 81.8 Å². The molecule has 0 aliphatic carbocycles. The highest BCUT2D eigenvalue weighted by Crippen LogP contribution is 2.26. The summed E-state index contributed by atoms with van der Waals surface area (Å²) in [6.45, 7) is 0.0100. The maximum Gasteiger partial charge on any atom is 0.269 e. The van der Waals surface area contributed by atoms with E-state index in [4.69, 9.17) is 9.47 Å². The van der Waals surface area contributed by atoms with Crippen LogP contribution in [0.3, 0.4) is 0 Å². The maximum absolute atomic E-state index is 10.7. The number of hydrogen-bond acceptors (Lipinski definition) is 5. The highest BCUT2D eigenvalue weighted by atomic mass is 16.6. The third-order valence-electron chi connectivity index (χ3n) is 2.96. The van der Waals surface area contributed by atoms with Crippen LogP contribution < -0.4 is 9.47 Å². The average molecular weight is 289 g/mol. The van der Waals surface area contributed by atoms with Gasteiger partial charge in [-0.3, -0.25) is 10.1 Å². The molecule has 2 aromatic rings. The van der Waals surface area contributed by atoms with E-state index in [1.807, 2.05) is 0 Å². The first-order valence-corrected chi connectivity index (χ1v) is 6.28. The van der Waals surface area contributed by atoms with E-state index in [-0.39, 0.29) is 18.9 Å². The number of non-ortho nitro benzene ring substituents is 1. The predicted octanol–water partition coefficient (Wildman–Crippen LogP) is 2.67. The van der Waals surface area contributed by atoms with Crippen molar-refractivity contribution in [3.8, 4) is 11.5 Å². The van der Waals surface area contributed by atoms with Gasteiger partial charge in [0.05, 0.1) is 18.6 Å². The third kappa shape index (κ3) is 3.70. The van der Waals surface area contributed by atoms with Gasteiger partial charge in [-0.15, -0.1) is 0 Å². The van der Waals surface area contributed by atoms with Gasteiger partial charge in [-0.1, -0.05) is 12.1 Å². The van der Waals surface area contributed by atoms with E-state index in [0.717, 1.165) is 0 Å². The van der Waals surface area contributed by atoms with Crippen LogP contribution in [0, 0.1) is 10.1 Å². The quantitative estimate of drug-likeness (QED) is 0.653. The Morgan fingerprint density at radius 1 is 1.24 bits per heavy atom. The Kier molecular flexibility index (Phi) is 4.73. The van der Waals surface area contributed by atoms with Crippen LogP contribution in [-0.2, 0) is 13.2 Å². The number of nitro groups is 1. The number of rotatable bonds is 6. The first-order chi connectivity index (χ1) is 10.1. The van der Waals surface area contributed by atoms with Crippen molar-refractivity contribution in [3.63, 3.8) is 0 Å². The van der Waals surface area contributed by atoms with Crippen molar-refractivity contribution in [3.05, 3.63) is 63.7 Å². The zero-order valence-corrected chi connectivity index (χ0v) is 11.5. The number of aliphatic hydroxyl groups is 1. The van der Waals surface area contributed by atoms with Crippen molar-refractivity contribution in [2.45, 2.75) is 13.2 Å². The van der Waals surface area contributed by atoms with Gasteiger partial charge in [-0.25, -0.2) is 0 Å². The molecule has 110 valence electrons. The van der Waals surface area contributed by atoms with Gasteiger partial charge in [-0.05, 0) is 17.7 Å². The second-order valence-electron chi connectivity index (χ2n) is 4.35. The summed E-state index contributed by atoms with van der Waals surface area (Å²) in [6, 6.07) is 11.3. The molecule has 0 atom stereocenters. The summed E-state index contributed by atoms with van der Waals surface area (Å²) in [5.74, 6) is 1.10. The van der Waals surface area contributed by atoms with Gasteiger partial charge < -0.3 is 14.6 Å². The fourth-order valence-electron chi connectivity index (χ4n) is 1.85. The van der Waals surface area contributed by atoms with Crippen molar-refractivity contribution in [1.29, 1.82) is 0 Å². The second kappa shape index (κ2) is 6.71. The molecule has 0 amide bonds. The number of benzene rings is 2. The summed E-state index contributed by atoms with van der Waals surface area (Å²) in [6.07, 6.45) is 0. The minimum Gasteiger partial charge on any atom is -0.497 e. The lowest BCUT2D eigenvalue weighted by Gasteiger charge is -2.11. The lowest BCUT2D eigenvalue weighted by Crippen LogP contribution is -2.00. The van der Waals surface area contributed by atoms with Crippen LogP contribution >= 0.6 is 0 Å². The fourth-order valence-corrected chi connectivity index (χ4v) is 1.85. The molecule has 0 aromatic heterocycles. The molecule has 0 radical (unpaired) electrons. The highest BCUT2D eigenvalue weighted by molar-refractivity contribution is 5.41. The van der Waals surface area contributed by atoms with Crippen LogP contribution in [0.1, 0.15) is 11.1 Å². The Morgan fingerprint density at radius 3 is 2.71 bits per heavy atom. The van der Waals surface area contributed by atoms with E-state index in [1.165, 1.54) is 19.2 Å². The van der Waals surface area contributed by atoms with Gasteiger partial charge in [0.25, 0.3) is 5.69 Å². The molecule has 0 bridgehead atoms. The Hall–Kier alpha value is -2.60. The van der Waals surface area contributed by atoms with Crippen molar-refractivity contribution in [2.24, 2.45) is 0 Å². The second-order valence-corrected chi connectivity index (χ2v) is 4.35. The molecule has 0 aliphatic rings. The predicted molar refractivity (Wildman–Crippen MR) is 76.3 cm³/mol. The molecule has 6 nitrogen and oxygen atoms in total. The Bertz CT molecular complexity index is 642. The van der Waals surface area contributed by atoms with E-state index >= 15 is 0 Å². The van der Waals surface area contributed by atoms with Crippen LogP contribution in [0.25, 0.3) is 0 Å². The van der Waals surface area contributed by atoms with Gasteiger partial charge in [-0.2, -0.15) is 0 Å². The summed E-state index contributed by atoms with van der Waals surface area (Å²) in [7, 11) is 1.54. The molecule has 0 spiro atoms. The van der Waals surface area contributed by atoms with Crippen molar-refractivity contribution in [1.82, 2.24) is 0 Å². The van der Waals surface area contributed by atoms with Crippen molar-refractivity contribution in [2.75, 3.05) is 7.11 Å². The SMILES string of the molecule is COc1ccc(CO)c(OCc2cccc([N+](=O)[O-])c2)c1. The fraction of sp³-hybridized carbons (Fsp3) is 0.200. The summed E-state index contributed by atoms with van der Waals surface area (Å²) >= 11 is 0. The summed E-state index contributed by atoms with van der Waals surface area (Å²) in [5, 5.41) is 20.0. The monoisotopic (exact) mass is 289 g/mol. The summed E-state index contributed by atoms with van der Waals surface area (Å²) in [4.78, 5) is 10.3.